The Labute approximate surface area is 124 Å². The van der Waals surface area contributed by atoms with E-state index in [1.807, 2.05) is 24.5 Å². The summed E-state index contributed by atoms with van der Waals surface area (Å²) in [6.45, 7) is 2.70. The van der Waals surface area contributed by atoms with Crippen molar-refractivity contribution in [3.05, 3.63) is 47.8 Å². The predicted molar refractivity (Wildman–Crippen MR) is 85.0 cm³/mol. The van der Waals surface area contributed by atoms with Crippen LogP contribution in [0, 0.1) is 5.92 Å². The lowest BCUT2D eigenvalue weighted by atomic mass is 10.1. The maximum absolute atomic E-state index is 11.7. The molecule has 3 rings (SSSR count). The Morgan fingerprint density at radius 3 is 3.00 bits per heavy atom. The van der Waals surface area contributed by atoms with E-state index in [0.29, 0.717) is 12.5 Å². The Bertz CT molecular complexity index is 667. The van der Waals surface area contributed by atoms with Crippen LogP contribution in [0.15, 0.2) is 42.2 Å². The highest BCUT2D eigenvalue weighted by atomic mass is 16.2. The Morgan fingerprint density at radius 2 is 2.19 bits per heavy atom. The van der Waals surface area contributed by atoms with Crippen molar-refractivity contribution in [2.75, 3.05) is 6.54 Å². The zero-order valence-electron chi connectivity index (χ0n) is 12.3. The van der Waals surface area contributed by atoms with Crippen molar-refractivity contribution in [2.45, 2.75) is 26.2 Å². The number of hydrogen-bond donors (Lipinski definition) is 3. The second kappa shape index (κ2) is 6.04. The molecule has 1 aromatic carbocycles. The smallest absolute Gasteiger partial charge is 0.318 e. The van der Waals surface area contributed by atoms with E-state index >= 15 is 0 Å². The van der Waals surface area contributed by atoms with E-state index in [9.17, 15) is 4.79 Å². The van der Waals surface area contributed by atoms with Crippen molar-refractivity contribution < 1.29 is 4.79 Å². The fourth-order valence-electron chi connectivity index (χ4n) is 2.54. The first kappa shape index (κ1) is 13.7. The summed E-state index contributed by atoms with van der Waals surface area (Å²) in [7, 11) is 0. The molecule has 0 spiro atoms. The molecule has 1 aliphatic carbocycles. The van der Waals surface area contributed by atoms with Crippen LogP contribution in [0.1, 0.15) is 25.3 Å². The molecule has 0 atom stereocenters. The monoisotopic (exact) mass is 283 g/mol. The second-order valence-electron chi connectivity index (χ2n) is 5.67. The summed E-state index contributed by atoms with van der Waals surface area (Å²) in [4.78, 5) is 15.0. The number of fused-ring (bicyclic) bond motifs is 1. The van der Waals surface area contributed by atoms with E-state index in [1.54, 1.807) is 0 Å². The summed E-state index contributed by atoms with van der Waals surface area (Å²) in [6.07, 6.45) is 7.18. The van der Waals surface area contributed by atoms with Crippen LogP contribution >= 0.6 is 0 Å². The van der Waals surface area contributed by atoms with E-state index in [-0.39, 0.29) is 6.03 Å². The topological polar surface area (TPSA) is 56.9 Å². The van der Waals surface area contributed by atoms with Crippen molar-refractivity contribution >= 4 is 16.9 Å². The molecule has 4 nitrogen and oxygen atoms in total. The van der Waals surface area contributed by atoms with Crippen LogP contribution in [-0.4, -0.2) is 17.6 Å². The van der Waals surface area contributed by atoms with Gasteiger partial charge in [-0.15, -0.1) is 0 Å². The molecule has 0 unspecified atom stereocenters. The summed E-state index contributed by atoms with van der Waals surface area (Å²) in [6, 6.07) is 8.08. The van der Waals surface area contributed by atoms with Gasteiger partial charge < -0.3 is 15.6 Å². The first-order valence-corrected chi connectivity index (χ1v) is 7.50. The highest BCUT2D eigenvalue weighted by molar-refractivity contribution is 5.83. The van der Waals surface area contributed by atoms with Crippen LogP contribution in [0.5, 0.6) is 0 Å². The van der Waals surface area contributed by atoms with Gasteiger partial charge in [-0.25, -0.2) is 4.79 Å². The predicted octanol–water partition coefficient (Wildman–Crippen LogP) is 3.32. The molecule has 0 bridgehead atoms. The van der Waals surface area contributed by atoms with Gasteiger partial charge in [0.2, 0.25) is 0 Å². The van der Waals surface area contributed by atoms with E-state index in [0.717, 1.165) is 11.9 Å². The number of urea groups is 1. The molecule has 110 valence electrons. The number of rotatable bonds is 5. The molecule has 1 heterocycles. The molecule has 1 aliphatic rings. The molecule has 1 aromatic heterocycles. The molecule has 3 N–H and O–H groups in total. The number of hydrogen-bond acceptors (Lipinski definition) is 1. The Kier molecular flexibility index (Phi) is 3.95. The number of H-pyrrole nitrogens is 1. The quantitative estimate of drug-likeness (QED) is 0.774. The number of aromatic nitrogens is 1. The van der Waals surface area contributed by atoms with Crippen LogP contribution in [0.2, 0.25) is 0 Å². The largest absolute Gasteiger partial charge is 0.361 e. The lowest BCUT2D eigenvalue weighted by Gasteiger charge is -2.05. The minimum absolute atomic E-state index is 0.130. The average Bonchev–Trinajstić information content (AvgIpc) is 3.27. The maximum Gasteiger partial charge on any atom is 0.318 e. The van der Waals surface area contributed by atoms with Crippen molar-refractivity contribution in [1.82, 2.24) is 15.6 Å². The molecular formula is C17H21N3O. The summed E-state index contributed by atoms with van der Waals surface area (Å²) >= 11 is 0. The summed E-state index contributed by atoms with van der Waals surface area (Å²) < 4.78 is 0. The van der Waals surface area contributed by atoms with Gasteiger partial charge in [-0.3, -0.25) is 0 Å². The molecule has 0 aliphatic heterocycles. The maximum atomic E-state index is 11.7. The Hall–Kier alpha value is -2.23. The van der Waals surface area contributed by atoms with Crippen LogP contribution < -0.4 is 10.6 Å². The first-order chi connectivity index (χ1) is 10.2. The fourth-order valence-corrected chi connectivity index (χ4v) is 2.54. The highest BCUT2D eigenvalue weighted by Crippen LogP contribution is 2.35. The minimum Gasteiger partial charge on any atom is -0.361 e. The van der Waals surface area contributed by atoms with Gasteiger partial charge in [-0.1, -0.05) is 23.8 Å². The lowest BCUT2D eigenvalue weighted by molar-refractivity contribution is 0.244. The zero-order chi connectivity index (χ0) is 14.7. The van der Waals surface area contributed by atoms with Gasteiger partial charge in [0.25, 0.3) is 0 Å². The van der Waals surface area contributed by atoms with E-state index in [2.05, 4.69) is 34.7 Å². The van der Waals surface area contributed by atoms with E-state index < -0.39 is 0 Å². The highest BCUT2D eigenvalue weighted by Gasteiger charge is 2.22. The average molecular weight is 283 g/mol. The third-order valence-electron chi connectivity index (χ3n) is 4.01. The number of carbonyl (C=O) groups is 1. The molecule has 0 saturated heterocycles. The lowest BCUT2D eigenvalue weighted by Crippen LogP contribution is -2.33. The Morgan fingerprint density at radius 1 is 1.38 bits per heavy atom. The van der Waals surface area contributed by atoms with Gasteiger partial charge >= 0.3 is 6.03 Å². The van der Waals surface area contributed by atoms with Crippen molar-refractivity contribution in [2.24, 2.45) is 5.92 Å². The van der Waals surface area contributed by atoms with Gasteiger partial charge in [-0.2, -0.15) is 0 Å². The normalized spacial score (nSPS) is 15.2. The van der Waals surface area contributed by atoms with Crippen molar-refractivity contribution in [3.8, 4) is 0 Å². The van der Waals surface area contributed by atoms with Crippen LogP contribution in [0.3, 0.4) is 0 Å². The molecule has 1 saturated carbocycles. The number of para-hydroxylation sites is 1. The molecule has 21 heavy (non-hydrogen) atoms. The SMILES string of the molecule is C/C(=C\NC(=O)NCCc1c[nH]c2ccccc12)C1CC1. The molecule has 4 heteroatoms. The number of amides is 2. The number of benzene rings is 1. The van der Waals surface area contributed by atoms with E-state index in [4.69, 9.17) is 0 Å². The number of carbonyl (C=O) groups excluding carboxylic acids is 1. The summed E-state index contributed by atoms with van der Waals surface area (Å²) in [5.74, 6) is 0.691. The second-order valence-corrected chi connectivity index (χ2v) is 5.67. The van der Waals surface area contributed by atoms with Crippen LogP contribution in [-0.2, 0) is 6.42 Å². The zero-order valence-corrected chi connectivity index (χ0v) is 12.3. The number of allylic oxidation sites excluding steroid dienone is 1. The van der Waals surface area contributed by atoms with Gasteiger partial charge in [0.05, 0.1) is 0 Å². The number of aromatic amines is 1. The van der Waals surface area contributed by atoms with Gasteiger partial charge in [0.15, 0.2) is 0 Å². The Balaban J connectivity index is 1.47. The third kappa shape index (κ3) is 3.45. The third-order valence-corrected chi connectivity index (χ3v) is 4.01. The van der Waals surface area contributed by atoms with Crippen molar-refractivity contribution in [1.29, 1.82) is 0 Å². The minimum atomic E-state index is -0.130. The summed E-state index contributed by atoms with van der Waals surface area (Å²) in [5.41, 5.74) is 3.64. The van der Waals surface area contributed by atoms with Crippen LogP contribution in [0.4, 0.5) is 4.79 Å². The van der Waals surface area contributed by atoms with Gasteiger partial charge in [0, 0.05) is 29.8 Å². The molecular weight excluding hydrogens is 262 g/mol. The summed E-state index contributed by atoms with van der Waals surface area (Å²) in [5, 5.41) is 6.92. The molecule has 0 radical (unpaired) electrons. The fraction of sp³-hybridized carbons (Fsp3) is 0.353. The molecule has 2 amide bonds. The molecule has 1 fully saturated rings. The molecule has 2 aromatic rings. The van der Waals surface area contributed by atoms with Crippen molar-refractivity contribution in [3.63, 3.8) is 0 Å². The van der Waals surface area contributed by atoms with E-state index in [1.165, 1.54) is 29.4 Å². The van der Waals surface area contributed by atoms with Crippen LogP contribution in [0.25, 0.3) is 10.9 Å². The van der Waals surface area contributed by atoms with Gasteiger partial charge in [-0.05, 0) is 43.7 Å². The number of nitrogens with one attached hydrogen (secondary N) is 3. The standard InChI is InChI=1S/C17H21N3O/c1-12(13-6-7-13)10-20-17(21)18-9-8-14-11-19-16-5-3-2-4-15(14)16/h2-5,10-11,13,19H,6-9H2,1H3,(H2,18,20,21)/b12-10+. The van der Waals surface area contributed by atoms with Gasteiger partial charge in [0.1, 0.15) is 0 Å². The first-order valence-electron chi connectivity index (χ1n) is 7.50.